The molecule has 0 bridgehead atoms. The van der Waals surface area contributed by atoms with Crippen LogP contribution in [0.15, 0.2) is 24.3 Å². The standard InChI is InChI=1S/C16H20ClN3O2/c1-19-10-12(8-15(19)21)16(22)20-6-5-18-9-14(20)11-3-2-4-13(17)7-11/h2-4,7,12,14,18H,5-6,8-10H2,1H3. The highest BCUT2D eigenvalue weighted by atomic mass is 35.5. The van der Waals surface area contributed by atoms with Gasteiger partial charge in [0.05, 0.1) is 12.0 Å². The fourth-order valence-corrected chi connectivity index (χ4v) is 3.44. The van der Waals surface area contributed by atoms with Crippen molar-refractivity contribution in [3.63, 3.8) is 0 Å². The Morgan fingerprint density at radius 2 is 2.23 bits per heavy atom. The molecule has 2 saturated heterocycles. The molecule has 0 aliphatic carbocycles. The van der Waals surface area contributed by atoms with Crippen molar-refractivity contribution in [2.75, 3.05) is 33.2 Å². The van der Waals surface area contributed by atoms with E-state index in [0.29, 0.717) is 31.1 Å². The van der Waals surface area contributed by atoms with Gasteiger partial charge in [-0.2, -0.15) is 0 Å². The van der Waals surface area contributed by atoms with Crippen molar-refractivity contribution in [1.29, 1.82) is 0 Å². The third kappa shape index (κ3) is 2.96. The van der Waals surface area contributed by atoms with Crippen LogP contribution in [0.25, 0.3) is 0 Å². The zero-order valence-electron chi connectivity index (χ0n) is 12.6. The third-order valence-corrected chi connectivity index (χ3v) is 4.69. The Kier molecular flexibility index (Phi) is 4.36. The van der Waals surface area contributed by atoms with Crippen molar-refractivity contribution in [2.45, 2.75) is 12.5 Å². The molecule has 2 fully saturated rings. The number of hydrogen-bond acceptors (Lipinski definition) is 3. The fourth-order valence-electron chi connectivity index (χ4n) is 3.24. The van der Waals surface area contributed by atoms with E-state index in [0.717, 1.165) is 12.1 Å². The first-order valence-corrected chi connectivity index (χ1v) is 7.94. The highest BCUT2D eigenvalue weighted by molar-refractivity contribution is 6.30. The van der Waals surface area contributed by atoms with Crippen molar-refractivity contribution in [1.82, 2.24) is 15.1 Å². The molecule has 0 aromatic heterocycles. The molecule has 2 unspecified atom stereocenters. The largest absolute Gasteiger partial charge is 0.345 e. The summed E-state index contributed by atoms with van der Waals surface area (Å²) in [5.74, 6) is -0.103. The maximum Gasteiger partial charge on any atom is 0.228 e. The van der Waals surface area contributed by atoms with Gasteiger partial charge in [-0.05, 0) is 17.7 Å². The van der Waals surface area contributed by atoms with Crippen LogP contribution in [0.3, 0.4) is 0 Å². The van der Waals surface area contributed by atoms with Gasteiger partial charge in [0.25, 0.3) is 0 Å². The number of benzene rings is 1. The summed E-state index contributed by atoms with van der Waals surface area (Å²) in [6.45, 7) is 2.66. The molecule has 1 aromatic carbocycles. The Morgan fingerprint density at radius 1 is 1.41 bits per heavy atom. The number of piperazine rings is 1. The number of halogens is 1. The minimum absolute atomic E-state index is 0.0269. The van der Waals surface area contributed by atoms with Crippen LogP contribution in [0.1, 0.15) is 18.0 Å². The van der Waals surface area contributed by atoms with Crippen LogP contribution in [0.4, 0.5) is 0 Å². The first-order valence-electron chi connectivity index (χ1n) is 7.57. The highest BCUT2D eigenvalue weighted by Crippen LogP contribution is 2.28. The first-order chi connectivity index (χ1) is 10.6. The maximum absolute atomic E-state index is 12.8. The lowest BCUT2D eigenvalue weighted by molar-refractivity contribution is -0.139. The van der Waals surface area contributed by atoms with Crippen LogP contribution in [0.2, 0.25) is 5.02 Å². The number of carbonyl (C=O) groups excluding carboxylic acids is 2. The van der Waals surface area contributed by atoms with E-state index >= 15 is 0 Å². The Bertz CT molecular complexity index is 593. The van der Waals surface area contributed by atoms with Gasteiger partial charge >= 0.3 is 0 Å². The normalized spacial score (nSPS) is 25.6. The average molecular weight is 322 g/mol. The molecule has 22 heavy (non-hydrogen) atoms. The minimum atomic E-state index is -0.225. The van der Waals surface area contributed by atoms with Crippen LogP contribution < -0.4 is 5.32 Å². The molecule has 1 aromatic rings. The highest BCUT2D eigenvalue weighted by Gasteiger charge is 2.38. The van der Waals surface area contributed by atoms with Crippen LogP contribution in [-0.2, 0) is 9.59 Å². The van der Waals surface area contributed by atoms with Gasteiger partial charge in [0.1, 0.15) is 0 Å². The van der Waals surface area contributed by atoms with Gasteiger partial charge in [-0.1, -0.05) is 23.7 Å². The number of likely N-dealkylation sites (tertiary alicyclic amines) is 1. The average Bonchev–Trinajstić information content (AvgIpc) is 2.86. The lowest BCUT2D eigenvalue weighted by Gasteiger charge is -2.38. The van der Waals surface area contributed by atoms with Crippen LogP contribution >= 0.6 is 11.6 Å². The predicted molar refractivity (Wildman–Crippen MR) is 84.5 cm³/mol. The molecule has 3 rings (SSSR count). The van der Waals surface area contributed by atoms with Crippen molar-refractivity contribution in [3.8, 4) is 0 Å². The Morgan fingerprint density at radius 3 is 2.91 bits per heavy atom. The predicted octanol–water partition coefficient (Wildman–Crippen LogP) is 1.29. The second kappa shape index (κ2) is 6.26. The Hall–Kier alpha value is -1.59. The molecular formula is C16H20ClN3O2. The molecule has 2 aliphatic rings. The molecule has 2 amide bonds. The minimum Gasteiger partial charge on any atom is -0.345 e. The molecule has 0 saturated carbocycles. The second-order valence-corrected chi connectivity index (χ2v) is 6.42. The van der Waals surface area contributed by atoms with E-state index in [1.54, 1.807) is 11.9 Å². The number of carbonyl (C=O) groups is 2. The van der Waals surface area contributed by atoms with Gasteiger partial charge in [-0.3, -0.25) is 9.59 Å². The number of nitrogens with one attached hydrogen (secondary N) is 1. The summed E-state index contributed by atoms with van der Waals surface area (Å²) >= 11 is 6.08. The molecule has 0 spiro atoms. The smallest absolute Gasteiger partial charge is 0.228 e. The number of rotatable bonds is 2. The molecule has 2 heterocycles. The van der Waals surface area contributed by atoms with Gasteiger partial charge in [0.2, 0.25) is 11.8 Å². The Labute approximate surface area is 135 Å². The van der Waals surface area contributed by atoms with Crippen LogP contribution in [0.5, 0.6) is 0 Å². The van der Waals surface area contributed by atoms with Crippen molar-refractivity contribution >= 4 is 23.4 Å². The molecule has 5 nitrogen and oxygen atoms in total. The summed E-state index contributed by atoms with van der Waals surface area (Å²) in [6, 6.07) is 7.61. The number of amides is 2. The second-order valence-electron chi connectivity index (χ2n) is 5.98. The van der Waals surface area contributed by atoms with Crippen LogP contribution in [-0.4, -0.2) is 54.8 Å². The third-order valence-electron chi connectivity index (χ3n) is 4.45. The molecule has 118 valence electrons. The van der Waals surface area contributed by atoms with Crippen LogP contribution in [0, 0.1) is 5.92 Å². The Balaban J connectivity index is 1.81. The van der Waals surface area contributed by atoms with E-state index in [1.807, 2.05) is 29.2 Å². The van der Waals surface area contributed by atoms with Gasteiger partial charge in [-0.25, -0.2) is 0 Å². The zero-order valence-corrected chi connectivity index (χ0v) is 13.3. The lowest BCUT2D eigenvalue weighted by Crippen LogP contribution is -2.50. The molecule has 0 radical (unpaired) electrons. The maximum atomic E-state index is 12.8. The van der Waals surface area contributed by atoms with E-state index < -0.39 is 0 Å². The topological polar surface area (TPSA) is 52.7 Å². The summed E-state index contributed by atoms with van der Waals surface area (Å²) in [5.41, 5.74) is 1.03. The van der Waals surface area contributed by atoms with Gasteiger partial charge in [-0.15, -0.1) is 0 Å². The lowest BCUT2D eigenvalue weighted by atomic mass is 9.99. The number of hydrogen-bond donors (Lipinski definition) is 1. The number of nitrogens with zero attached hydrogens (tertiary/aromatic N) is 2. The molecule has 2 atom stereocenters. The van der Waals surface area contributed by atoms with E-state index in [1.165, 1.54) is 0 Å². The SMILES string of the molecule is CN1CC(C(=O)N2CCNCC2c2cccc(Cl)c2)CC1=O. The molecular weight excluding hydrogens is 302 g/mol. The summed E-state index contributed by atoms with van der Waals surface area (Å²) in [4.78, 5) is 28.1. The molecule has 1 N–H and O–H groups in total. The van der Waals surface area contributed by atoms with Crippen molar-refractivity contribution in [3.05, 3.63) is 34.9 Å². The van der Waals surface area contributed by atoms with Gasteiger partial charge in [0.15, 0.2) is 0 Å². The van der Waals surface area contributed by atoms with Crippen molar-refractivity contribution < 1.29 is 9.59 Å². The quantitative estimate of drug-likeness (QED) is 0.893. The zero-order chi connectivity index (χ0) is 15.7. The van der Waals surface area contributed by atoms with E-state index in [9.17, 15) is 9.59 Å². The van der Waals surface area contributed by atoms with Gasteiger partial charge in [0, 0.05) is 44.7 Å². The molecule has 2 aliphatic heterocycles. The summed E-state index contributed by atoms with van der Waals surface area (Å²) in [6.07, 6.45) is 0.321. The van der Waals surface area contributed by atoms with Crippen molar-refractivity contribution in [2.24, 2.45) is 5.92 Å². The van der Waals surface area contributed by atoms with Gasteiger partial charge < -0.3 is 15.1 Å². The summed E-state index contributed by atoms with van der Waals surface area (Å²) in [7, 11) is 1.75. The van der Waals surface area contributed by atoms with E-state index in [4.69, 9.17) is 11.6 Å². The molecule has 6 heteroatoms. The van der Waals surface area contributed by atoms with E-state index in [2.05, 4.69) is 5.32 Å². The first kappa shape index (κ1) is 15.3. The summed E-state index contributed by atoms with van der Waals surface area (Å²) < 4.78 is 0. The monoisotopic (exact) mass is 321 g/mol. The summed E-state index contributed by atoms with van der Waals surface area (Å²) in [5, 5.41) is 4.00. The fraction of sp³-hybridized carbons (Fsp3) is 0.500. The van der Waals surface area contributed by atoms with E-state index in [-0.39, 0.29) is 23.8 Å².